The summed E-state index contributed by atoms with van der Waals surface area (Å²) < 4.78 is 7.40. The largest absolute Gasteiger partial charge is 0.496 e. The van der Waals surface area contributed by atoms with Crippen molar-refractivity contribution in [3.05, 3.63) is 76.5 Å². The highest BCUT2D eigenvalue weighted by Crippen LogP contribution is 2.33. The van der Waals surface area contributed by atoms with Gasteiger partial charge < -0.3 is 4.74 Å². The fourth-order valence-electron chi connectivity index (χ4n) is 3.06. The summed E-state index contributed by atoms with van der Waals surface area (Å²) in [4.78, 5) is 24.9. The molecule has 2 heterocycles. The number of thioether (sulfide) groups is 1. The molecule has 8 nitrogen and oxygen atoms in total. The van der Waals surface area contributed by atoms with E-state index in [-0.39, 0.29) is 17.6 Å². The maximum absolute atomic E-state index is 12.3. The Balaban J connectivity index is 1.55. The van der Waals surface area contributed by atoms with Crippen molar-refractivity contribution in [2.24, 2.45) is 0 Å². The third kappa shape index (κ3) is 5.24. The molecule has 0 radical (unpaired) electrons. The lowest BCUT2D eigenvalue weighted by molar-refractivity contribution is -0.119. The number of aromatic nitrogens is 3. The molecule has 2 aromatic carbocycles. The Kier molecular flexibility index (Phi) is 7.06. The maximum atomic E-state index is 12.3. The number of aryl methyl sites for hydroxylation is 1. The van der Waals surface area contributed by atoms with E-state index in [1.807, 2.05) is 60.0 Å². The second-order valence-corrected chi connectivity index (χ2v) is 8.84. The number of ether oxygens (including phenoxy) is 1. The van der Waals surface area contributed by atoms with Crippen molar-refractivity contribution in [2.45, 2.75) is 12.1 Å². The van der Waals surface area contributed by atoms with Crippen LogP contribution in [0.1, 0.15) is 15.2 Å². The highest BCUT2D eigenvalue weighted by molar-refractivity contribution is 7.99. The van der Waals surface area contributed by atoms with Gasteiger partial charge in [-0.05, 0) is 42.6 Å². The van der Waals surface area contributed by atoms with Gasteiger partial charge in [0.2, 0.25) is 5.91 Å². The molecule has 0 aliphatic carbocycles. The van der Waals surface area contributed by atoms with E-state index in [0.717, 1.165) is 16.8 Å². The summed E-state index contributed by atoms with van der Waals surface area (Å²) in [6.45, 7) is 2.02. The summed E-state index contributed by atoms with van der Waals surface area (Å²) in [6.07, 6.45) is 0. The molecule has 2 amide bonds. The summed E-state index contributed by atoms with van der Waals surface area (Å²) in [6, 6.07) is 19.0. The Bertz CT molecular complexity index is 1250. The topological polar surface area (TPSA) is 98.1 Å². The van der Waals surface area contributed by atoms with Crippen molar-refractivity contribution in [2.75, 3.05) is 12.9 Å². The van der Waals surface area contributed by atoms with Gasteiger partial charge in [-0.15, -0.1) is 21.5 Å². The predicted molar refractivity (Wildman–Crippen MR) is 129 cm³/mol. The molecule has 4 aromatic rings. The average Bonchev–Trinajstić information content (AvgIpc) is 3.52. The zero-order chi connectivity index (χ0) is 23.2. The first-order valence-corrected chi connectivity index (χ1v) is 11.8. The van der Waals surface area contributed by atoms with Crippen LogP contribution in [0, 0.1) is 6.92 Å². The molecule has 0 saturated carbocycles. The van der Waals surface area contributed by atoms with Crippen LogP contribution < -0.4 is 15.6 Å². The minimum absolute atomic E-state index is 0.0423. The Hall–Kier alpha value is -3.63. The van der Waals surface area contributed by atoms with E-state index in [9.17, 15) is 9.59 Å². The lowest BCUT2D eigenvalue weighted by Crippen LogP contribution is -2.42. The number of carbonyl (C=O) groups excluding carboxylic acids is 2. The molecule has 0 aliphatic rings. The fraction of sp³-hybridized carbons (Fsp3) is 0.130. The number of hydrazine groups is 1. The van der Waals surface area contributed by atoms with Crippen molar-refractivity contribution in [1.82, 2.24) is 25.6 Å². The number of rotatable bonds is 7. The highest BCUT2D eigenvalue weighted by atomic mass is 32.2. The van der Waals surface area contributed by atoms with Gasteiger partial charge in [0.25, 0.3) is 5.91 Å². The van der Waals surface area contributed by atoms with Crippen molar-refractivity contribution < 1.29 is 14.3 Å². The zero-order valence-corrected chi connectivity index (χ0v) is 19.6. The van der Waals surface area contributed by atoms with E-state index in [1.54, 1.807) is 24.6 Å². The Morgan fingerprint density at radius 2 is 1.82 bits per heavy atom. The Morgan fingerprint density at radius 3 is 2.55 bits per heavy atom. The molecule has 0 saturated heterocycles. The van der Waals surface area contributed by atoms with Crippen LogP contribution >= 0.6 is 23.1 Å². The number of methoxy groups -OCH3 is 1. The van der Waals surface area contributed by atoms with Gasteiger partial charge in [0.1, 0.15) is 5.75 Å². The number of nitrogens with one attached hydrogen (secondary N) is 2. The van der Waals surface area contributed by atoms with Crippen molar-refractivity contribution in [3.8, 4) is 22.8 Å². The molecule has 2 aromatic heterocycles. The third-order valence-corrected chi connectivity index (χ3v) is 6.46. The molecule has 33 heavy (non-hydrogen) atoms. The minimum atomic E-state index is -0.359. The van der Waals surface area contributed by atoms with Crippen molar-refractivity contribution >= 4 is 34.9 Å². The highest BCUT2D eigenvalue weighted by Gasteiger charge is 2.20. The summed E-state index contributed by atoms with van der Waals surface area (Å²) in [7, 11) is 1.61. The molecular formula is C23H21N5O3S2. The SMILES string of the molecule is COc1ccccc1-c1nnc(SCC(=O)NNC(=O)c2cccs2)n1-c1ccc(C)cc1. The van der Waals surface area contributed by atoms with E-state index >= 15 is 0 Å². The number of benzene rings is 2. The molecule has 0 unspecified atom stereocenters. The third-order valence-electron chi connectivity index (χ3n) is 4.67. The molecular weight excluding hydrogens is 458 g/mol. The van der Waals surface area contributed by atoms with Crippen molar-refractivity contribution in [3.63, 3.8) is 0 Å². The van der Waals surface area contributed by atoms with Crippen LogP contribution in [-0.4, -0.2) is 39.4 Å². The predicted octanol–water partition coefficient (Wildman–Crippen LogP) is 3.87. The van der Waals surface area contributed by atoms with E-state index < -0.39 is 0 Å². The second-order valence-electron chi connectivity index (χ2n) is 6.95. The van der Waals surface area contributed by atoms with Gasteiger partial charge in [-0.1, -0.05) is 47.7 Å². The van der Waals surface area contributed by atoms with Gasteiger partial charge in [0, 0.05) is 5.69 Å². The van der Waals surface area contributed by atoms with Crippen molar-refractivity contribution in [1.29, 1.82) is 0 Å². The van der Waals surface area contributed by atoms with E-state index in [2.05, 4.69) is 21.0 Å². The van der Waals surface area contributed by atoms with Gasteiger partial charge in [0.05, 0.1) is 23.3 Å². The molecule has 0 bridgehead atoms. The maximum Gasteiger partial charge on any atom is 0.279 e. The summed E-state index contributed by atoms with van der Waals surface area (Å²) in [5, 5.41) is 11.1. The zero-order valence-electron chi connectivity index (χ0n) is 17.9. The normalized spacial score (nSPS) is 10.6. The molecule has 0 fully saturated rings. The molecule has 10 heteroatoms. The van der Waals surface area contributed by atoms with Gasteiger partial charge in [0.15, 0.2) is 11.0 Å². The first kappa shape index (κ1) is 22.6. The average molecular weight is 480 g/mol. The summed E-state index contributed by atoms with van der Waals surface area (Å²) in [5.41, 5.74) is 7.63. The molecule has 0 spiro atoms. The van der Waals surface area contributed by atoms with Gasteiger partial charge in [-0.25, -0.2) is 0 Å². The van der Waals surface area contributed by atoms with Crippen LogP contribution in [0.5, 0.6) is 5.75 Å². The van der Waals surface area contributed by atoms with Crippen LogP contribution in [0.15, 0.2) is 71.2 Å². The Labute approximate surface area is 199 Å². The van der Waals surface area contributed by atoms with Crippen LogP contribution in [0.2, 0.25) is 0 Å². The summed E-state index contributed by atoms with van der Waals surface area (Å²) >= 11 is 2.52. The van der Waals surface area contributed by atoms with Crippen LogP contribution in [-0.2, 0) is 4.79 Å². The number of para-hydroxylation sites is 1. The minimum Gasteiger partial charge on any atom is -0.496 e. The first-order chi connectivity index (χ1) is 16.1. The molecule has 0 atom stereocenters. The van der Waals surface area contributed by atoms with E-state index in [0.29, 0.717) is 21.6 Å². The fourth-order valence-corrected chi connectivity index (χ4v) is 4.43. The number of thiophene rings is 1. The number of hydrogen-bond acceptors (Lipinski definition) is 7. The Morgan fingerprint density at radius 1 is 1.03 bits per heavy atom. The number of nitrogens with zero attached hydrogens (tertiary/aromatic N) is 3. The smallest absolute Gasteiger partial charge is 0.279 e. The van der Waals surface area contributed by atoms with E-state index in [1.165, 1.54) is 23.1 Å². The van der Waals surface area contributed by atoms with Gasteiger partial charge in [-0.3, -0.25) is 25.0 Å². The lowest BCUT2D eigenvalue weighted by Gasteiger charge is -2.13. The van der Waals surface area contributed by atoms with Gasteiger partial charge >= 0.3 is 0 Å². The quantitative estimate of drug-likeness (QED) is 0.309. The molecule has 168 valence electrons. The van der Waals surface area contributed by atoms with Crippen LogP contribution in [0.25, 0.3) is 17.1 Å². The first-order valence-electron chi connectivity index (χ1n) is 9.98. The van der Waals surface area contributed by atoms with Gasteiger partial charge in [-0.2, -0.15) is 0 Å². The molecule has 2 N–H and O–H groups in total. The number of hydrogen-bond donors (Lipinski definition) is 2. The summed E-state index contributed by atoms with van der Waals surface area (Å²) in [5.74, 6) is 0.599. The standard InChI is InChI=1S/C23H21N5O3S2/c1-15-9-11-16(12-10-15)28-21(17-6-3-4-7-18(17)31-2)25-27-23(28)33-14-20(29)24-26-22(30)19-8-5-13-32-19/h3-13H,14H2,1-2H3,(H,24,29)(H,26,30). The van der Waals surface area contributed by atoms with Crippen LogP contribution in [0.4, 0.5) is 0 Å². The van der Waals surface area contributed by atoms with E-state index in [4.69, 9.17) is 4.74 Å². The second kappa shape index (κ2) is 10.3. The molecule has 0 aliphatic heterocycles. The number of carbonyl (C=O) groups is 2. The number of amides is 2. The molecule has 4 rings (SSSR count). The lowest BCUT2D eigenvalue weighted by atomic mass is 10.1. The monoisotopic (exact) mass is 479 g/mol. The van der Waals surface area contributed by atoms with Crippen LogP contribution in [0.3, 0.4) is 0 Å².